The van der Waals surface area contributed by atoms with Gasteiger partial charge in [-0.15, -0.1) is 0 Å². The van der Waals surface area contributed by atoms with Gasteiger partial charge in [0.15, 0.2) is 14.1 Å². The highest BCUT2D eigenvalue weighted by Crippen LogP contribution is 2.39. The third kappa shape index (κ3) is 5.57. The van der Waals surface area contributed by atoms with Gasteiger partial charge >= 0.3 is 0 Å². The number of nitrogens with zero attached hydrogens (tertiary/aromatic N) is 3. The Balaban J connectivity index is 1.56. The molecule has 2 aromatic rings. The summed E-state index contributed by atoms with van der Waals surface area (Å²) in [4.78, 5) is 4.78. The normalized spacial score (nSPS) is 19.8. The molecule has 2 aliphatic carbocycles. The van der Waals surface area contributed by atoms with E-state index in [0.717, 1.165) is 17.1 Å². The summed E-state index contributed by atoms with van der Waals surface area (Å²) in [5, 5.41) is 8.27. The first-order valence-electron chi connectivity index (χ1n) is 11.8. The highest BCUT2D eigenvalue weighted by Gasteiger charge is 2.37. The molecule has 8 heteroatoms. The number of aromatic nitrogens is 3. The minimum atomic E-state index is -2.54. The maximum atomic E-state index is 13.6. The first-order valence-corrected chi connectivity index (χ1v) is 14.7. The Hall–Kier alpha value is -1.80. The van der Waals surface area contributed by atoms with Crippen molar-refractivity contribution in [3.63, 3.8) is 0 Å². The topological polar surface area (TPSA) is 52.0 Å². The van der Waals surface area contributed by atoms with Gasteiger partial charge in [-0.1, -0.05) is 20.8 Å². The number of halogens is 2. The number of anilines is 1. The Kier molecular flexibility index (Phi) is 6.22. The minimum Gasteiger partial charge on any atom is -0.413 e. The average Bonchev–Trinajstić information content (AvgIpc) is 3.44. The fourth-order valence-electron chi connectivity index (χ4n) is 3.78. The van der Waals surface area contributed by atoms with Crippen molar-refractivity contribution in [1.82, 2.24) is 14.8 Å². The Labute approximate surface area is 191 Å². The van der Waals surface area contributed by atoms with E-state index in [1.165, 1.54) is 12.8 Å². The molecule has 2 heterocycles. The summed E-state index contributed by atoms with van der Waals surface area (Å²) in [5.74, 6) is -0.529. The van der Waals surface area contributed by atoms with Crippen molar-refractivity contribution in [1.29, 1.82) is 0 Å². The fraction of sp³-hybridized carbons (Fsp3) is 0.667. The molecule has 2 fully saturated rings. The molecule has 0 atom stereocenters. The van der Waals surface area contributed by atoms with E-state index in [4.69, 9.17) is 14.5 Å². The standard InChI is InChI=1S/C24H36F2N4OSi/c1-23(2,3)32(4,5)31-16-17-14-21(27-19-8-11-24(25,26)12-9-19)28-22(15-17)30-13-10-20(29-30)18-6-7-18/h10,13-15,18-19H,6-9,11-12,16H2,1-5H3,(H,27,28). The van der Waals surface area contributed by atoms with E-state index in [0.29, 0.717) is 31.2 Å². The molecule has 0 bridgehead atoms. The molecule has 2 aromatic heterocycles. The van der Waals surface area contributed by atoms with Crippen LogP contribution in [0.4, 0.5) is 14.6 Å². The maximum Gasteiger partial charge on any atom is 0.248 e. The number of alkyl halides is 2. The van der Waals surface area contributed by atoms with E-state index in [2.05, 4.69) is 45.2 Å². The molecule has 0 aromatic carbocycles. The quantitative estimate of drug-likeness (QED) is 0.468. The van der Waals surface area contributed by atoms with Crippen LogP contribution >= 0.6 is 0 Å². The highest BCUT2D eigenvalue weighted by atomic mass is 28.4. The number of nitrogens with one attached hydrogen (secondary N) is 1. The second-order valence-electron chi connectivity index (χ2n) is 11.0. The second kappa shape index (κ2) is 8.52. The lowest BCUT2D eigenvalue weighted by Gasteiger charge is -2.36. The van der Waals surface area contributed by atoms with Crippen LogP contribution in [0, 0.1) is 0 Å². The van der Waals surface area contributed by atoms with Crippen LogP contribution in [0.5, 0.6) is 0 Å². The van der Waals surface area contributed by atoms with Crippen LogP contribution in [0.15, 0.2) is 24.4 Å². The van der Waals surface area contributed by atoms with E-state index in [-0.39, 0.29) is 23.9 Å². The Morgan fingerprint density at radius 1 is 1.16 bits per heavy atom. The van der Waals surface area contributed by atoms with Crippen LogP contribution < -0.4 is 5.32 Å². The number of pyridine rings is 1. The predicted molar refractivity (Wildman–Crippen MR) is 126 cm³/mol. The van der Waals surface area contributed by atoms with E-state index in [1.54, 1.807) is 0 Å². The van der Waals surface area contributed by atoms with Crippen LogP contribution in [0.1, 0.15) is 76.5 Å². The third-order valence-corrected chi connectivity index (χ3v) is 11.7. The molecule has 2 aliphatic rings. The van der Waals surface area contributed by atoms with E-state index < -0.39 is 14.2 Å². The SMILES string of the molecule is CC(C)(C)[Si](C)(C)OCc1cc(NC2CCC(F)(F)CC2)nc(-n2ccc(C3CC3)n2)c1. The van der Waals surface area contributed by atoms with E-state index in [1.807, 2.05) is 23.0 Å². The van der Waals surface area contributed by atoms with Gasteiger partial charge in [0.2, 0.25) is 5.92 Å². The van der Waals surface area contributed by atoms with Gasteiger partial charge in [0.25, 0.3) is 0 Å². The molecule has 1 N–H and O–H groups in total. The van der Waals surface area contributed by atoms with Gasteiger partial charge in [-0.2, -0.15) is 5.10 Å². The Morgan fingerprint density at radius 3 is 2.47 bits per heavy atom. The van der Waals surface area contributed by atoms with E-state index >= 15 is 0 Å². The molecule has 0 unspecified atom stereocenters. The van der Waals surface area contributed by atoms with Gasteiger partial charge in [0.05, 0.1) is 12.3 Å². The van der Waals surface area contributed by atoms with Crippen molar-refractivity contribution < 1.29 is 13.2 Å². The van der Waals surface area contributed by atoms with Gasteiger partial charge in [0.1, 0.15) is 5.82 Å². The van der Waals surface area contributed by atoms with Gasteiger partial charge in [-0.25, -0.2) is 18.4 Å². The molecule has 32 heavy (non-hydrogen) atoms. The fourth-order valence-corrected chi connectivity index (χ4v) is 4.74. The lowest BCUT2D eigenvalue weighted by atomic mass is 9.92. The van der Waals surface area contributed by atoms with Crippen LogP contribution in [0.2, 0.25) is 18.1 Å². The zero-order chi connectivity index (χ0) is 23.1. The number of hydrogen-bond donors (Lipinski definition) is 1. The zero-order valence-electron chi connectivity index (χ0n) is 19.9. The summed E-state index contributed by atoms with van der Waals surface area (Å²) in [6.07, 6.45) is 5.10. The van der Waals surface area contributed by atoms with Gasteiger partial charge in [0, 0.05) is 31.0 Å². The molecule has 0 saturated heterocycles. The molecule has 4 rings (SSSR count). The minimum absolute atomic E-state index is 0.00572. The molecule has 5 nitrogen and oxygen atoms in total. The lowest BCUT2D eigenvalue weighted by molar-refractivity contribution is -0.0361. The first-order chi connectivity index (χ1) is 14.9. The summed E-state index contributed by atoms with van der Waals surface area (Å²) in [6.45, 7) is 11.7. The Bertz CT molecular complexity index is 940. The summed E-state index contributed by atoms with van der Waals surface area (Å²) in [7, 11) is -1.91. The lowest BCUT2D eigenvalue weighted by Crippen LogP contribution is -2.40. The summed E-state index contributed by atoms with van der Waals surface area (Å²) in [6, 6.07) is 6.09. The molecule has 176 valence electrons. The van der Waals surface area contributed by atoms with Crippen molar-refractivity contribution in [2.75, 3.05) is 5.32 Å². The van der Waals surface area contributed by atoms with Crippen LogP contribution in [0.3, 0.4) is 0 Å². The van der Waals surface area contributed by atoms with Crippen LogP contribution in [-0.4, -0.2) is 35.0 Å². The molecular formula is C24H36F2N4OSi. The highest BCUT2D eigenvalue weighted by molar-refractivity contribution is 6.74. The van der Waals surface area contributed by atoms with Crippen molar-refractivity contribution in [3.8, 4) is 5.82 Å². The molecule has 0 radical (unpaired) electrons. The largest absolute Gasteiger partial charge is 0.413 e. The van der Waals surface area contributed by atoms with Crippen molar-refractivity contribution >= 4 is 14.1 Å². The number of hydrogen-bond acceptors (Lipinski definition) is 4. The van der Waals surface area contributed by atoms with Crippen LogP contribution in [-0.2, 0) is 11.0 Å². The van der Waals surface area contributed by atoms with Crippen LogP contribution in [0.25, 0.3) is 5.82 Å². The summed E-state index contributed by atoms with van der Waals surface area (Å²) < 4.78 is 35.4. The smallest absolute Gasteiger partial charge is 0.248 e. The second-order valence-corrected chi connectivity index (χ2v) is 15.8. The predicted octanol–water partition coefficient (Wildman–Crippen LogP) is 6.66. The Morgan fingerprint density at radius 2 is 1.84 bits per heavy atom. The maximum absolute atomic E-state index is 13.6. The first kappa shape index (κ1) is 23.4. The number of rotatable bonds is 7. The van der Waals surface area contributed by atoms with Gasteiger partial charge in [-0.3, -0.25) is 0 Å². The summed E-state index contributed by atoms with van der Waals surface area (Å²) in [5.41, 5.74) is 2.13. The molecule has 0 amide bonds. The van der Waals surface area contributed by atoms with Crippen molar-refractivity contribution in [3.05, 3.63) is 35.7 Å². The molecular weight excluding hydrogens is 426 g/mol. The molecule has 2 saturated carbocycles. The van der Waals surface area contributed by atoms with Crippen molar-refractivity contribution in [2.24, 2.45) is 0 Å². The molecule has 0 spiro atoms. The monoisotopic (exact) mass is 462 g/mol. The van der Waals surface area contributed by atoms with Crippen molar-refractivity contribution in [2.45, 2.75) is 102 Å². The average molecular weight is 463 g/mol. The van der Waals surface area contributed by atoms with Gasteiger partial charge in [-0.05, 0) is 67.6 Å². The third-order valence-electron chi connectivity index (χ3n) is 7.19. The van der Waals surface area contributed by atoms with Gasteiger partial charge < -0.3 is 9.74 Å². The zero-order valence-corrected chi connectivity index (χ0v) is 20.9. The summed E-state index contributed by atoms with van der Waals surface area (Å²) >= 11 is 0. The van der Waals surface area contributed by atoms with E-state index in [9.17, 15) is 8.78 Å². The molecule has 0 aliphatic heterocycles.